The molecule has 4 aromatic carbocycles. The van der Waals surface area contributed by atoms with Gasteiger partial charge in [0.25, 0.3) is 0 Å². The van der Waals surface area contributed by atoms with Crippen molar-refractivity contribution >= 4 is 22.7 Å². The number of nitrogens with zero attached hydrogens (tertiary/aromatic N) is 1. The van der Waals surface area contributed by atoms with Gasteiger partial charge in [-0.15, -0.1) is 0 Å². The van der Waals surface area contributed by atoms with E-state index in [2.05, 4.69) is 77.7 Å². The maximum atomic E-state index is 6.28. The SMILES string of the molecule is Nc1ccc(N(c2ccccc2)c2ccccc2)cc1-c1ccccc1. The number of benzene rings is 4. The van der Waals surface area contributed by atoms with Crippen LogP contribution < -0.4 is 10.6 Å². The summed E-state index contributed by atoms with van der Waals surface area (Å²) in [6.45, 7) is 0. The molecule has 0 aromatic heterocycles. The van der Waals surface area contributed by atoms with E-state index < -0.39 is 0 Å². The van der Waals surface area contributed by atoms with Gasteiger partial charge in [0, 0.05) is 28.3 Å². The lowest BCUT2D eigenvalue weighted by molar-refractivity contribution is 1.28. The highest BCUT2D eigenvalue weighted by Crippen LogP contribution is 2.38. The second kappa shape index (κ2) is 7.16. The zero-order chi connectivity index (χ0) is 17.8. The normalized spacial score (nSPS) is 10.5. The van der Waals surface area contributed by atoms with Gasteiger partial charge in [-0.25, -0.2) is 0 Å². The van der Waals surface area contributed by atoms with Crippen LogP contribution >= 0.6 is 0 Å². The summed E-state index contributed by atoms with van der Waals surface area (Å²) in [7, 11) is 0. The molecule has 26 heavy (non-hydrogen) atoms. The first-order chi connectivity index (χ1) is 12.8. The van der Waals surface area contributed by atoms with E-state index in [1.54, 1.807) is 0 Å². The summed E-state index contributed by atoms with van der Waals surface area (Å²) in [5.41, 5.74) is 12.5. The van der Waals surface area contributed by atoms with Gasteiger partial charge in [-0.05, 0) is 48.0 Å². The van der Waals surface area contributed by atoms with Crippen molar-refractivity contribution in [2.75, 3.05) is 10.6 Å². The largest absolute Gasteiger partial charge is 0.398 e. The second-order valence-corrected chi connectivity index (χ2v) is 6.14. The first-order valence-electron chi connectivity index (χ1n) is 8.68. The number of nitrogens with two attached hydrogens (primary N) is 1. The Labute approximate surface area is 154 Å². The first-order valence-corrected chi connectivity index (χ1v) is 8.68. The van der Waals surface area contributed by atoms with Crippen LogP contribution in [-0.2, 0) is 0 Å². The predicted octanol–water partition coefficient (Wildman–Crippen LogP) is 6.41. The van der Waals surface area contributed by atoms with Gasteiger partial charge in [0.15, 0.2) is 0 Å². The lowest BCUT2D eigenvalue weighted by Gasteiger charge is -2.26. The quantitative estimate of drug-likeness (QED) is 0.437. The van der Waals surface area contributed by atoms with Crippen molar-refractivity contribution < 1.29 is 0 Å². The third-order valence-corrected chi connectivity index (χ3v) is 4.41. The Morgan fingerprint density at radius 1 is 0.500 bits per heavy atom. The molecule has 0 aliphatic heterocycles. The van der Waals surface area contributed by atoms with Crippen molar-refractivity contribution in [3.8, 4) is 11.1 Å². The number of hydrogen-bond donors (Lipinski definition) is 1. The van der Waals surface area contributed by atoms with Crippen LogP contribution in [0.1, 0.15) is 0 Å². The van der Waals surface area contributed by atoms with E-state index >= 15 is 0 Å². The third-order valence-electron chi connectivity index (χ3n) is 4.41. The van der Waals surface area contributed by atoms with Gasteiger partial charge in [-0.2, -0.15) is 0 Å². The van der Waals surface area contributed by atoms with Gasteiger partial charge in [-0.3, -0.25) is 0 Å². The highest BCUT2D eigenvalue weighted by Gasteiger charge is 2.13. The Kier molecular flexibility index (Phi) is 4.40. The van der Waals surface area contributed by atoms with Crippen LogP contribution in [-0.4, -0.2) is 0 Å². The molecule has 0 fully saturated rings. The zero-order valence-corrected chi connectivity index (χ0v) is 14.4. The summed E-state index contributed by atoms with van der Waals surface area (Å²) in [6, 6.07) is 37.2. The monoisotopic (exact) mass is 336 g/mol. The molecule has 0 aliphatic carbocycles. The molecule has 2 N–H and O–H groups in total. The molecule has 0 saturated heterocycles. The van der Waals surface area contributed by atoms with Crippen LogP contribution in [0.25, 0.3) is 11.1 Å². The van der Waals surface area contributed by atoms with Crippen molar-refractivity contribution in [2.24, 2.45) is 0 Å². The number of hydrogen-bond acceptors (Lipinski definition) is 2. The number of anilines is 4. The molecule has 0 heterocycles. The van der Waals surface area contributed by atoms with Crippen molar-refractivity contribution in [3.05, 3.63) is 109 Å². The van der Waals surface area contributed by atoms with Crippen LogP contribution in [0.4, 0.5) is 22.7 Å². The highest BCUT2D eigenvalue weighted by atomic mass is 15.1. The molecule has 0 bridgehead atoms. The van der Waals surface area contributed by atoms with Crippen LogP contribution in [0.3, 0.4) is 0 Å². The predicted molar refractivity (Wildman–Crippen MR) is 111 cm³/mol. The molecule has 0 atom stereocenters. The molecule has 0 aliphatic rings. The lowest BCUT2D eigenvalue weighted by atomic mass is 10.0. The van der Waals surface area contributed by atoms with E-state index in [1.807, 2.05) is 36.4 Å². The van der Waals surface area contributed by atoms with Gasteiger partial charge in [0.05, 0.1) is 0 Å². The summed E-state index contributed by atoms with van der Waals surface area (Å²) >= 11 is 0. The van der Waals surface area contributed by atoms with Gasteiger partial charge >= 0.3 is 0 Å². The maximum Gasteiger partial charge on any atom is 0.0469 e. The van der Waals surface area contributed by atoms with Gasteiger partial charge in [-0.1, -0.05) is 66.7 Å². The molecule has 0 radical (unpaired) electrons. The van der Waals surface area contributed by atoms with E-state index in [1.165, 1.54) is 0 Å². The highest BCUT2D eigenvalue weighted by molar-refractivity contribution is 5.84. The van der Waals surface area contributed by atoms with Crippen LogP contribution in [0.2, 0.25) is 0 Å². The fourth-order valence-corrected chi connectivity index (χ4v) is 3.15. The fourth-order valence-electron chi connectivity index (χ4n) is 3.15. The minimum Gasteiger partial charge on any atom is -0.398 e. The standard InChI is InChI=1S/C24H20N2/c25-24-17-16-22(18-23(24)19-10-4-1-5-11-19)26(20-12-6-2-7-13-20)21-14-8-3-9-15-21/h1-18H,25H2. The molecule has 0 saturated carbocycles. The molecule has 4 aromatic rings. The topological polar surface area (TPSA) is 29.3 Å². The van der Waals surface area contributed by atoms with E-state index in [4.69, 9.17) is 5.73 Å². The van der Waals surface area contributed by atoms with Gasteiger partial charge in [0.1, 0.15) is 0 Å². The maximum absolute atomic E-state index is 6.28. The zero-order valence-electron chi connectivity index (χ0n) is 14.4. The smallest absolute Gasteiger partial charge is 0.0469 e. The molecule has 126 valence electrons. The summed E-state index contributed by atoms with van der Waals surface area (Å²) in [5, 5.41) is 0. The van der Waals surface area contributed by atoms with E-state index in [9.17, 15) is 0 Å². The molecule has 2 nitrogen and oxygen atoms in total. The fraction of sp³-hybridized carbons (Fsp3) is 0. The Bertz CT molecular complexity index is 941. The minimum atomic E-state index is 0.779. The number of rotatable bonds is 4. The Hall–Kier alpha value is -3.52. The molecule has 0 unspecified atom stereocenters. The molecule has 2 heteroatoms. The van der Waals surface area contributed by atoms with Crippen molar-refractivity contribution in [2.45, 2.75) is 0 Å². The van der Waals surface area contributed by atoms with E-state index in [-0.39, 0.29) is 0 Å². The van der Waals surface area contributed by atoms with Crippen molar-refractivity contribution in [3.63, 3.8) is 0 Å². The molecule has 0 amide bonds. The third kappa shape index (κ3) is 3.17. The van der Waals surface area contributed by atoms with E-state index in [0.717, 1.165) is 33.9 Å². The average molecular weight is 336 g/mol. The molecular weight excluding hydrogens is 316 g/mol. The molecule has 0 spiro atoms. The van der Waals surface area contributed by atoms with Crippen LogP contribution in [0, 0.1) is 0 Å². The van der Waals surface area contributed by atoms with E-state index in [0.29, 0.717) is 0 Å². The Balaban J connectivity index is 1.87. The van der Waals surface area contributed by atoms with Gasteiger partial charge < -0.3 is 10.6 Å². The average Bonchev–Trinajstić information content (AvgIpc) is 2.72. The molecule has 4 rings (SSSR count). The number of para-hydroxylation sites is 2. The minimum absolute atomic E-state index is 0.779. The summed E-state index contributed by atoms with van der Waals surface area (Å²) < 4.78 is 0. The Morgan fingerprint density at radius 3 is 1.54 bits per heavy atom. The van der Waals surface area contributed by atoms with Crippen LogP contribution in [0.5, 0.6) is 0 Å². The van der Waals surface area contributed by atoms with Crippen molar-refractivity contribution in [1.82, 2.24) is 0 Å². The summed E-state index contributed by atoms with van der Waals surface area (Å²) in [5.74, 6) is 0. The second-order valence-electron chi connectivity index (χ2n) is 6.14. The molecular formula is C24H20N2. The summed E-state index contributed by atoms with van der Waals surface area (Å²) in [6.07, 6.45) is 0. The lowest BCUT2D eigenvalue weighted by Crippen LogP contribution is -2.10. The first kappa shape index (κ1) is 16.0. The van der Waals surface area contributed by atoms with Crippen LogP contribution in [0.15, 0.2) is 109 Å². The number of nitrogen functional groups attached to an aromatic ring is 1. The Morgan fingerprint density at radius 2 is 1.00 bits per heavy atom. The van der Waals surface area contributed by atoms with Crippen molar-refractivity contribution in [1.29, 1.82) is 0 Å². The van der Waals surface area contributed by atoms with Gasteiger partial charge in [0.2, 0.25) is 0 Å². The summed E-state index contributed by atoms with van der Waals surface area (Å²) in [4.78, 5) is 2.24.